The fraction of sp³-hybridized carbons (Fsp3) is 0.235. The maximum Gasteiger partial charge on any atom is 0.242 e. The van der Waals surface area contributed by atoms with Crippen molar-refractivity contribution in [1.29, 1.82) is 0 Å². The summed E-state index contributed by atoms with van der Waals surface area (Å²) in [4.78, 5) is 12.2. The Bertz CT molecular complexity index is 902. The molecule has 0 heterocycles. The van der Waals surface area contributed by atoms with Crippen molar-refractivity contribution in [2.75, 3.05) is 19.5 Å². The van der Waals surface area contributed by atoms with Gasteiger partial charge in [-0.05, 0) is 37.3 Å². The number of carbonyl (C=O) groups is 1. The number of hydrogen-bond donors (Lipinski definition) is 2. The number of methoxy groups -OCH3 is 2. The van der Waals surface area contributed by atoms with E-state index in [0.717, 1.165) is 4.47 Å². The molecule has 2 rings (SSSR count). The predicted molar refractivity (Wildman–Crippen MR) is 102 cm³/mol. The Hall–Kier alpha value is -2.10. The molecule has 9 heteroatoms. The Balaban J connectivity index is 2.14. The number of anilines is 1. The van der Waals surface area contributed by atoms with E-state index in [4.69, 9.17) is 9.47 Å². The molecule has 0 aromatic heterocycles. The number of amides is 1. The Morgan fingerprint density at radius 2 is 1.77 bits per heavy atom. The zero-order valence-corrected chi connectivity index (χ0v) is 16.8. The first kappa shape index (κ1) is 20.2. The highest BCUT2D eigenvalue weighted by atomic mass is 79.9. The number of sulfonamides is 1. The minimum Gasteiger partial charge on any atom is -0.493 e. The molecule has 0 saturated carbocycles. The lowest BCUT2D eigenvalue weighted by Crippen LogP contribution is -2.41. The molecule has 0 aliphatic carbocycles. The predicted octanol–water partition coefficient (Wildman–Crippen LogP) is 2.77. The minimum absolute atomic E-state index is 0.0303. The van der Waals surface area contributed by atoms with E-state index >= 15 is 0 Å². The van der Waals surface area contributed by atoms with Gasteiger partial charge in [-0.15, -0.1) is 0 Å². The smallest absolute Gasteiger partial charge is 0.242 e. The van der Waals surface area contributed by atoms with Crippen LogP contribution in [-0.2, 0) is 14.8 Å². The van der Waals surface area contributed by atoms with Crippen LogP contribution in [0.5, 0.6) is 11.5 Å². The summed E-state index contributed by atoms with van der Waals surface area (Å²) >= 11 is 3.31. The number of hydrogen-bond acceptors (Lipinski definition) is 5. The highest BCUT2D eigenvalue weighted by molar-refractivity contribution is 9.10. The highest BCUT2D eigenvalue weighted by Crippen LogP contribution is 2.29. The van der Waals surface area contributed by atoms with Crippen LogP contribution in [0, 0.1) is 0 Å². The molecule has 0 aliphatic rings. The molecule has 0 spiro atoms. The third kappa shape index (κ3) is 4.96. The molecule has 0 aliphatic heterocycles. The molecule has 1 atom stereocenters. The van der Waals surface area contributed by atoms with E-state index in [1.807, 2.05) is 6.07 Å². The molecule has 2 aromatic rings. The van der Waals surface area contributed by atoms with Gasteiger partial charge in [0, 0.05) is 16.2 Å². The molecular weight excluding hydrogens is 424 g/mol. The van der Waals surface area contributed by atoms with E-state index in [0.29, 0.717) is 11.4 Å². The zero-order chi connectivity index (χ0) is 19.3. The fourth-order valence-corrected chi connectivity index (χ4v) is 3.77. The summed E-state index contributed by atoms with van der Waals surface area (Å²) in [6.45, 7) is 1.46. The van der Waals surface area contributed by atoms with Crippen molar-refractivity contribution in [2.45, 2.75) is 17.9 Å². The maximum atomic E-state index is 12.5. The van der Waals surface area contributed by atoms with Crippen molar-refractivity contribution in [1.82, 2.24) is 4.72 Å². The lowest BCUT2D eigenvalue weighted by Gasteiger charge is -2.15. The van der Waals surface area contributed by atoms with Gasteiger partial charge in [-0.1, -0.05) is 22.0 Å². The fourth-order valence-electron chi connectivity index (χ4n) is 2.15. The van der Waals surface area contributed by atoms with Crippen LogP contribution in [0.1, 0.15) is 6.92 Å². The molecule has 26 heavy (non-hydrogen) atoms. The largest absolute Gasteiger partial charge is 0.493 e. The average Bonchev–Trinajstić information content (AvgIpc) is 2.60. The molecule has 1 unspecified atom stereocenters. The van der Waals surface area contributed by atoms with Gasteiger partial charge < -0.3 is 14.8 Å². The Labute approximate surface area is 160 Å². The molecular formula is C17H19BrN2O5S. The summed E-state index contributed by atoms with van der Waals surface area (Å²) < 4.78 is 38.4. The summed E-state index contributed by atoms with van der Waals surface area (Å²) in [6.07, 6.45) is 0. The molecule has 140 valence electrons. The minimum atomic E-state index is -3.92. The van der Waals surface area contributed by atoms with E-state index in [9.17, 15) is 13.2 Å². The van der Waals surface area contributed by atoms with E-state index in [1.54, 1.807) is 18.2 Å². The van der Waals surface area contributed by atoms with Crippen LogP contribution < -0.4 is 19.5 Å². The number of halogens is 1. The first-order valence-corrected chi connectivity index (χ1v) is 9.85. The van der Waals surface area contributed by atoms with Gasteiger partial charge in [-0.2, -0.15) is 4.72 Å². The number of benzene rings is 2. The first-order valence-electron chi connectivity index (χ1n) is 7.57. The summed E-state index contributed by atoms with van der Waals surface area (Å²) in [5.41, 5.74) is 0.557. The van der Waals surface area contributed by atoms with Gasteiger partial charge in [-0.25, -0.2) is 8.42 Å². The van der Waals surface area contributed by atoms with Gasteiger partial charge in [0.2, 0.25) is 15.9 Å². The highest BCUT2D eigenvalue weighted by Gasteiger charge is 2.23. The van der Waals surface area contributed by atoms with E-state index in [1.165, 1.54) is 39.3 Å². The Kier molecular flexibility index (Phi) is 6.63. The second kappa shape index (κ2) is 8.52. The molecule has 0 radical (unpaired) electrons. The SMILES string of the molecule is COc1ccc(S(=O)(=O)NC(C)C(=O)Nc2cccc(Br)c2)cc1OC. The molecule has 1 amide bonds. The number of ether oxygens (including phenoxy) is 2. The van der Waals surface area contributed by atoms with Crippen LogP contribution in [0.3, 0.4) is 0 Å². The van der Waals surface area contributed by atoms with Crippen LogP contribution >= 0.6 is 15.9 Å². The Morgan fingerprint density at radius 1 is 1.08 bits per heavy atom. The van der Waals surface area contributed by atoms with Crippen molar-refractivity contribution in [3.63, 3.8) is 0 Å². The van der Waals surface area contributed by atoms with Crippen molar-refractivity contribution >= 4 is 37.5 Å². The molecule has 2 aromatic carbocycles. The van der Waals surface area contributed by atoms with Crippen molar-refractivity contribution in [3.8, 4) is 11.5 Å². The molecule has 7 nitrogen and oxygen atoms in total. The molecule has 0 fully saturated rings. The van der Waals surface area contributed by atoms with Gasteiger partial charge in [0.1, 0.15) is 0 Å². The first-order chi connectivity index (χ1) is 12.3. The number of carbonyl (C=O) groups excluding carboxylic acids is 1. The number of nitrogens with one attached hydrogen (secondary N) is 2. The second-order valence-electron chi connectivity index (χ2n) is 5.36. The van der Waals surface area contributed by atoms with Crippen LogP contribution in [0.4, 0.5) is 5.69 Å². The summed E-state index contributed by atoms with van der Waals surface area (Å²) in [5, 5.41) is 2.66. The van der Waals surface area contributed by atoms with Crippen molar-refractivity contribution in [2.24, 2.45) is 0 Å². The molecule has 0 saturated heterocycles. The van der Waals surface area contributed by atoms with Gasteiger partial charge >= 0.3 is 0 Å². The summed E-state index contributed by atoms with van der Waals surface area (Å²) in [7, 11) is -1.05. The normalized spacial score (nSPS) is 12.3. The Morgan fingerprint density at radius 3 is 2.38 bits per heavy atom. The summed E-state index contributed by atoms with van der Waals surface area (Å²) in [5.74, 6) is 0.209. The number of rotatable bonds is 7. The maximum absolute atomic E-state index is 12.5. The quantitative estimate of drug-likeness (QED) is 0.687. The second-order valence-corrected chi connectivity index (χ2v) is 7.99. The van der Waals surface area contributed by atoms with Crippen LogP contribution in [0.15, 0.2) is 51.8 Å². The molecule has 2 N–H and O–H groups in total. The van der Waals surface area contributed by atoms with Gasteiger partial charge in [-0.3, -0.25) is 4.79 Å². The average molecular weight is 443 g/mol. The standard InChI is InChI=1S/C17H19BrN2O5S/c1-11(17(21)19-13-6-4-5-12(18)9-13)20-26(22,23)14-7-8-15(24-2)16(10-14)25-3/h4-11,20H,1-3H3,(H,19,21). The van der Waals surface area contributed by atoms with Gasteiger partial charge in [0.15, 0.2) is 11.5 Å². The third-order valence-corrected chi connectivity index (χ3v) is 5.51. The van der Waals surface area contributed by atoms with Crippen molar-refractivity contribution < 1.29 is 22.7 Å². The van der Waals surface area contributed by atoms with Crippen LogP contribution in [0.2, 0.25) is 0 Å². The van der Waals surface area contributed by atoms with Crippen LogP contribution in [0.25, 0.3) is 0 Å². The summed E-state index contributed by atoms with van der Waals surface area (Å²) in [6, 6.07) is 10.2. The van der Waals surface area contributed by atoms with E-state index in [-0.39, 0.29) is 10.6 Å². The van der Waals surface area contributed by atoms with Crippen molar-refractivity contribution in [3.05, 3.63) is 46.9 Å². The van der Waals surface area contributed by atoms with Crippen LogP contribution in [-0.4, -0.2) is 34.6 Å². The van der Waals surface area contributed by atoms with Gasteiger partial charge in [0.25, 0.3) is 0 Å². The third-order valence-electron chi connectivity index (χ3n) is 3.48. The zero-order valence-electron chi connectivity index (χ0n) is 14.4. The topological polar surface area (TPSA) is 93.7 Å². The van der Waals surface area contributed by atoms with Gasteiger partial charge in [0.05, 0.1) is 25.2 Å². The lowest BCUT2D eigenvalue weighted by molar-refractivity contribution is -0.117. The lowest BCUT2D eigenvalue weighted by atomic mass is 10.3. The molecule has 0 bridgehead atoms. The van der Waals surface area contributed by atoms with E-state index < -0.39 is 22.0 Å². The monoisotopic (exact) mass is 442 g/mol. The van der Waals surface area contributed by atoms with E-state index in [2.05, 4.69) is 26.0 Å².